The van der Waals surface area contributed by atoms with Gasteiger partial charge in [0, 0.05) is 6.42 Å². The quantitative estimate of drug-likeness (QED) is 0.884. The van der Waals surface area contributed by atoms with E-state index in [4.69, 9.17) is 4.74 Å². The Morgan fingerprint density at radius 3 is 2.47 bits per heavy atom. The molecular weight excluding hydrogens is 236 g/mol. The fraction of sp³-hybridized carbons (Fsp3) is 0.294. The van der Waals surface area contributed by atoms with Crippen LogP contribution >= 0.6 is 0 Å². The topological polar surface area (TPSA) is 29.5 Å². The molecule has 0 saturated heterocycles. The second-order valence-electron chi connectivity index (χ2n) is 4.78. The number of aliphatic hydroxyl groups excluding tert-OH is 1. The highest BCUT2D eigenvalue weighted by molar-refractivity contribution is 5.37. The number of aryl methyl sites for hydroxylation is 1. The minimum Gasteiger partial charge on any atom is -0.493 e. The maximum absolute atomic E-state index is 9.52. The molecule has 0 bridgehead atoms. The molecule has 1 atom stereocenters. The van der Waals surface area contributed by atoms with Gasteiger partial charge in [-0.1, -0.05) is 36.4 Å². The van der Waals surface area contributed by atoms with Crippen molar-refractivity contribution in [2.45, 2.75) is 26.4 Å². The molecule has 0 aliphatic heterocycles. The van der Waals surface area contributed by atoms with Gasteiger partial charge in [0.1, 0.15) is 5.75 Å². The van der Waals surface area contributed by atoms with E-state index in [-0.39, 0.29) is 0 Å². The highest BCUT2D eigenvalue weighted by Gasteiger charge is 2.05. The van der Waals surface area contributed by atoms with E-state index in [1.165, 1.54) is 5.56 Å². The first-order valence-electron chi connectivity index (χ1n) is 6.62. The summed E-state index contributed by atoms with van der Waals surface area (Å²) in [5.41, 5.74) is 3.26. The summed E-state index contributed by atoms with van der Waals surface area (Å²) in [7, 11) is 0. The van der Waals surface area contributed by atoms with Crippen molar-refractivity contribution in [2.24, 2.45) is 0 Å². The number of ether oxygens (including phenoxy) is 1. The molecule has 0 radical (unpaired) electrons. The Bertz CT molecular complexity index is 518. The third-order valence-electron chi connectivity index (χ3n) is 3.17. The maximum atomic E-state index is 9.52. The predicted octanol–water partition coefficient (Wildman–Crippen LogP) is 3.67. The van der Waals surface area contributed by atoms with Crippen LogP contribution in [0.15, 0.2) is 48.5 Å². The minimum atomic E-state index is -0.433. The Morgan fingerprint density at radius 2 is 1.84 bits per heavy atom. The summed E-state index contributed by atoms with van der Waals surface area (Å²) in [5, 5.41) is 9.52. The third-order valence-corrected chi connectivity index (χ3v) is 3.17. The molecular formula is C17H20O2. The summed E-state index contributed by atoms with van der Waals surface area (Å²) < 4.78 is 5.79. The SMILES string of the molecule is Cc1cc([C@@H](C)O)ccc1OCCc1ccccc1. The lowest BCUT2D eigenvalue weighted by Gasteiger charge is -2.12. The minimum absolute atomic E-state index is 0.433. The van der Waals surface area contributed by atoms with Gasteiger partial charge in [-0.3, -0.25) is 0 Å². The molecule has 0 aliphatic carbocycles. The first kappa shape index (κ1) is 13.6. The van der Waals surface area contributed by atoms with Gasteiger partial charge >= 0.3 is 0 Å². The van der Waals surface area contributed by atoms with Gasteiger partial charge in [-0.2, -0.15) is 0 Å². The summed E-state index contributed by atoms with van der Waals surface area (Å²) >= 11 is 0. The van der Waals surface area contributed by atoms with E-state index in [0.717, 1.165) is 23.3 Å². The van der Waals surface area contributed by atoms with E-state index < -0.39 is 6.10 Å². The monoisotopic (exact) mass is 256 g/mol. The first-order valence-corrected chi connectivity index (χ1v) is 6.62. The van der Waals surface area contributed by atoms with E-state index in [1.54, 1.807) is 6.92 Å². The van der Waals surface area contributed by atoms with Gasteiger partial charge in [0.2, 0.25) is 0 Å². The molecule has 0 aliphatic rings. The highest BCUT2D eigenvalue weighted by atomic mass is 16.5. The van der Waals surface area contributed by atoms with E-state index in [1.807, 2.05) is 43.3 Å². The van der Waals surface area contributed by atoms with E-state index >= 15 is 0 Å². The lowest BCUT2D eigenvalue weighted by molar-refractivity contribution is 0.199. The second kappa shape index (κ2) is 6.39. The molecule has 1 N–H and O–H groups in total. The fourth-order valence-corrected chi connectivity index (χ4v) is 2.02. The van der Waals surface area contributed by atoms with Gasteiger partial charge in [0.25, 0.3) is 0 Å². The molecule has 0 heterocycles. The molecule has 2 heteroatoms. The summed E-state index contributed by atoms with van der Waals surface area (Å²) in [6.45, 7) is 4.44. The van der Waals surface area contributed by atoms with Crippen LogP contribution < -0.4 is 4.74 Å². The zero-order chi connectivity index (χ0) is 13.7. The van der Waals surface area contributed by atoms with Crippen molar-refractivity contribution in [1.29, 1.82) is 0 Å². The Morgan fingerprint density at radius 1 is 1.11 bits per heavy atom. The zero-order valence-corrected chi connectivity index (χ0v) is 11.5. The van der Waals surface area contributed by atoms with Crippen LogP contribution in [0.5, 0.6) is 5.75 Å². The highest BCUT2D eigenvalue weighted by Crippen LogP contribution is 2.22. The molecule has 2 rings (SSSR count). The summed E-state index contributed by atoms with van der Waals surface area (Å²) in [4.78, 5) is 0. The van der Waals surface area contributed by atoms with Gasteiger partial charge in [-0.25, -0.2) is 0 Å². The number of aliphatic hydroxyl groups is 1. The number of benzene rings is 2. The Balaban J connectivity index is 1.93. The van der Waals surface area contributed by atoms with Gasteiger partial charge in [0.05, 0.1) is 12.7 Å². The van der Waals surface area contributed by atoms with Crippen LogP contribution in [0.3, 0.4) is 0 Å². The van der Waals surface area contributed by atoms with Crippen LogP contribution in [0.4, 0.5) is 0 Å². The molecule has 0 amide bonds. The van der Waals surface area contributed by atoms with Crippen molar-refractivity contribution >= 4 is 0 Å². The summed E-state index contributed by atoms with van der Waals surface area (Å²) in [6.07, 6.45) is 0.468. The maximum Gasteiger partial charge on any atom is 0.122 e. The molecule has 0 aromatic heterocycles. The van der Waals surface area contributed by atoms with Crippen molar-refractivity contribution in [2.75, 3.05) is 6.61 Å². The molecule has 2 nitrogen and oxygen atoms in total. The smallest absolute Gasteiger partial charge is 0.122 e. The van der Waals surface area contributed by atoms with Gasteiger partial charge in [-0.15, -0.1) is 0 Å². The van der Waals surface area contributed by atoms with Crippen LogP contribution in [0.2, 0.25) is 0 Å². The summed E-state index contributed by atoms with van der Waals surface area (Å²) in [6, 6.07) is 16.1. The number of hydrogen-bond acceptors (Lipinski definition) is 2. The number of rotatable bonds is 5. The molecule has 2 aromatic rings. The fourth-order valence-electron chi connectivity index (χ4n) is 2.02. The van der Waals surface area contributed by atoms with Crippen molar-refractivity contribution in [3.8, 4) is 5.75 Å². The summed E-state index contributed by atoms with van der Waals surface area (Å²) in [5.74, 6) is 0.889. The van der Waals surface area contributed by atoms with Crippen molar-refractivity contribution in [1.82, 2.24) is 0 Å². The van der Waals surface area contributed by atoms with Gasteiger partial charge < -0.3 is 9.84 Å². The molecule has 0 spiro atoms. The van der Waals surface area contributed by atoms with Crippen LogP contribution in [-0.4, -0.2) is 11.7 Å². The first-order chi connectivity index (χ1) is 9.16. The average Bonchev–Trinajstić information content (AvgIpc) is 2.41. The van der Waals surface area contributed by atoms with Crippen LogP contribution in [0.1, 0.15) is 29.7 Å². The molecule has 0 unspecified atom stereocenters. The largest absolute Gasteiger partial charge is 0.493 e. The van der Waals surface area contributed by atoms with Crippen LogP contribution in [0.25, 0.3) is 0 Å². The predicted molar refractivity (Wildman–Crippen MR) is 77.5 cm³/mol. The van der Waals surface area contributed by atoms with Crippen LogP contribution in [0, 0.1) is 6.92 Å². The Labute approximate surface area is 114 Å². The van der Waals surface area contributed by atoms with Crippen molar-refractivity contribution < 1.29 is 9.84 Å². The van der Waals surface area contributed by atoms with Crippen molar-refractivity contribution in [3.05, 3.63) is 65.2 Å². The zero-order valence-electron chi connectivity index (χ0n) is 11.5. The van der Waals surface area contributed by atoms with Gasteiger partial charge in [-0.05, 0) is 42.7 Å². The molecule has 100 valence electrons. The number of hydrogen-bond donors (Lipinski definition) is 1. The van der Waals surface area contributed by atoms with Crippen molar-refractivity contribution in [3.63, 3.8) is 0 Å². The molecule has 19 heavy (non-hydrogen) atoms. The Hall–Kier alpha value is -1.80. The lowest BCUT2D eigenvalue weighted by atomic mass is 10.1. The third kappa shape index (κ3) is 3.83. The second-order valence-corrected chi connectivity index (χ2v) is 4.78. The Kier molecular flexibility index (Phi) is 4.58. The standard InChI is InChI=1S/C17H20O2/c1-13-12-16(14(2)18)8-9-17(13)19-11-10-15-6-4-3-5-7-15/h3-9,12,14,18H,10-11H2,1-2H3/t14-/m1/s1. The van der Waals surface area contributed by atoms with E-state index in [0.29, 0.717) is 6.61 Å². The molecule has 0 fully saturated rings. The van der Waals surface area contributed by atoms with Crippen LogP contribution in [-0.2, 0) is 6.42 Å². The van der Waals surface area contributed by atoms with E-state index in [9.17, 15) is 5.11 Å². The lowest BCUT2D eigenvalue weighted by Crippen LogP contribution is -2.03. The normalized spacial score (nSPS) is 12.2. The van der Waals surface area contributed by atoms with E-state index in [2.05, 4.69) is 12.1 Å². The van der Waals surface area contributed by atoms with Gasteiger partial charge in [0.15, 0.2) is 0 Å². The molecule has 0 saturated carbocycles. The molecule has 2 aromatic carbocycles. The average molecular weight is 256 g/mol.